The topological polar surface area (TPSA) is 15.3 Å². The van der Waals surface area contributed by atoms with E-state index in [1.54, 1.807) is 0 Å². The maximum atomic E-state index is 3.71. The van der Waals surface area contributed by atoms with Gasteiger partial charge < -0.3 is 10.2 Å². The second-order valence-electron chi connectivity index (χ2n) is 5.44. The molecular formula is C12H26N2. The van der Waals surface area contributed by atoms with Crippen LogP contribution in [0, 0.1) is 5.92 Å². The number of hydrogen-bond acceptors (Lipinski definition) is 2. The maximum Gasteiger partial charge on any atom is 0.0271 e. The van der Waals surface area contributed by atoms with Crippen molar-refractivity contribution in [2.45, 2.75) is 51.6 Å². The van der Waals surface area contributed by atoms with Gasteiger partial charge in [0.2, 0.25) is 0 Å². The largest absolute Gasteiger partial charge is 0.312 e. The maximum absolute atomic E-state index is 3.71. The van der Waals surface area contributed by atoms with Crippen LogP contribution in [-0.2, 0) is 0 Å². The molecule has 1 saturated carbocycles. The molecule has 0 heterocycles. The van der Waals surface area contributed by atoms with Crippen LogP contribution in [0.2, 0.25) is 0 Å². The van der Waals surface area contributed by atoms with Crippen molar-refractivity contribution in [3.8, 4) is 0 Å². The molecule has 2 heteroatoms. The molecule has 0 spiro atoms. The Morgan fingerprint density at radius 2 is 1.93 bits per heavy atom. The third-order valence-corrected chi connectivity index (χ3v) is 3.64. The van der Waals surface area contributed by atoms with Crippen LogP contribution in [-0.4, -0.2) is 37.1 Å². The summed E-state index contributed by atoms with van der Waals surface area (Å²) in [5.41, 5.74) is 0.266. The SMILES string of the molecule is CCC(NCC(C)(C)N(C)C)C1CC1. The summed E-state index contributed by atoms with van der Waals surface area (Å²) in [6, 6.07) is 0.759. The Hall–Kier alpha value is -0.0800. The smallest absolute Gasteiger partial charge is 0.0271 e. The highest BCUT2D eigenvalue weighted by Gasteiger charge is 2.31. The monoisotopic (exact) mass is 198 g/mol. The van der Waals surface area contributed by atoms with Gasteiger partial charge in [-0.05, 0) is 53.1 Å². The second-order valence-corrected chi connectivity index (χ2v) is 5.44. The number of nitrogens with one attached hydrogen (secondary N) is 1. The van der Waals surface area contributed by atoms with Crippen molar-refractivity contribution in [2.75, 3.05) is 20.6 Å². The van der Waals surface area contributed by atoms with Crippen LogP contribution in [0.4, 0.5) is 0 Å². The molecule has 1 atom stereocenters. The van der Waals surface area contributed by atoms with Crippen LogP contribution in [0.3, 0.4) is 0 Å². The van der Waals surface area contributed by atoms with Crippen molar-refractivity contribution in [1.82, 2.24) is 10.2 Å². The van der Waals surface area contributed by atoms with Gasteiger partial charge in [0.1, 0.15) is 0 Å². The normalized spacial score (nSPS) is 20.1. The summed E-state index contributed by atoms with van der Waals surface area (Å²) in [6.07, 6.45) is 4.15. The van der Waals surface area contributed by atoms with E-state index < -0.39 is 0 Å². The Labute approximate surface area is 89.1 Å². The van der Waals surface area contributed by atoms with Crippen molar-refractivity contribution in [1.29, 1.82) is 0 Å². The lowest BCUT2D eigenvalue weighted by molar-refractivity contribution is 0.181. The van der Waals surface area contributed by atoms with Crippen molar-refractivity contribution in [3.63, 3.8) is 0 Å². The van der Waals surface area contributed by atoms with Crippen molar-refractivity contribution < 1.29 is 0 Å². The van der Waals surface area contributed by atoms with Gasteiger partial charge in [0.05, 0.1) is 0 Å². The van der Waals surface area contributed by atoms with E-state index in [1.807, 2.05) is 0 Å². The molecule has 0 aromatic carbocycles. The van der Waals surface area contributed by atoms with Gasteiger partial charge >= 0.3 is 0 Å². The van der Waals surface area contributed by atoms with Crippen molar-refractivity contribution >= 4 is 0 Å². The minimum Gasteiger partial charge on any atom is -0.312 e. The third kappa shape index (κ3) is 3.25. The van der Waals surface area contributed by atoms with Gasteiger partial charge in [-0.3, -0.25) is 0 Å². The first-order valence-corrected chi connectivity index (χ1v) is 5.88. The summed E-state index contributed by atoms with van der Waals surface area (Å²) in [5, 5.41) is 3.71. The van der Waals surface area contributed by atoms with Crippen molar-refractivity contribution in [2.24, 2.45) is 5.92 Å². The van der Waals surface area contributed by atoms with E-state index in [0.29, 0.717) is 0 Å². The lowest BCUT2D eigenvalue weighted by Gasteiger charge is -2.34. The first-order chi connectivity index (χ1) is 6.47. The van der Waals surface area contributed by atoms with E-state index in [0.717, 1.165) is 18.5 Å². The average Bonchev–Trinajstić information content (AvgIpc) is 2.89. The number of likely N-dealkylation sites (N-methyl/N-ethyl adjacent to an activating group) is 1. The third-order valence-electron chi connectivity index (χ3n) is 3.64. The molecule has 0 amide bonds. The van der Waals surface area contributed by atoms with Crippen molar-refractivity contribution in [3.05, 3.63) is 0 Å². The molecule has 0 bridgehead atoms. The van der Waals surface area contributed by atoms with E-state index in [4.69, 9.17) is 0 Å². The van der Waals surface area contributed by atoms with Crippen LogP contribution in [0.5, 0.6) is 0 Å². The van der Waals surface area contributed by atoms with Crippen LogP contribution in [0.15, 0.2) is 0 Å². The molecule has 2 nitrogen and oxygen atoms in total. The van der Waals surface area contributed by atoms with Crippen LogP contribution in [0.25, 0.3) is 0 Å². The van der Waals surface area contributed by atoms with Gasteiger partial charge in [-0.25, -0.2) is 0 Å². The van der Waals surface area contributed by atoms with E-state index in [2.05, 4.69) is 45.1 Å². The molecular weight excluding hydrogens is 172 g/mol. The zero-order chi connectivity index (χ0) is 10.8. The standard InChI is InChI=1S/C12H26N2/c1-6-11(10-7-8-10)13-9-12(2,3)14(4)5/h10-11,13H,6-9H2,1-5H3. The van der Waals surface area contributed by atoms with E-state index >= 15 is 0 Å². The van der Waals surface area contributed by atoms with Gasteiger partial charge in [0, 0.05) is 18.1 Å². The summed E-state index contributed by atoms with van der Waals surface area (Å²) in [7, 11) is 4.31. The van der Waals surface area contributed by atoms with E-state index in [-0.39, 0.29) is 5.54 Å². The van der Waals surface area contributed by atoms with Gasteiger partial charge in [-0.15, -0.1) is 0 Å². The molecule has 1 aliphatic carbocycles. The minimum absolute atomic E-state index is 0.266. The fourth-order valence-corrected chi connectivity index (χ4v) is 1.68. The lowest BCUT2D eigenvalue weighted by atomic mass is 10.0. The number of rotatable bonds is 6. The van der Waals surface area contributed by atoms with Crippen LogP contribution < -0.4 is 5.32 Å². The molecule has 1 rings (SSSR count). The molecule has 14 heavy (non-hydrogen) atoms. The van der Waals surface area contributed by atoms with E-state index in [1.165, 1.54) is 19.3 Å². The quantitative estimate of drug-likeness (QED) is 0.703. The van der Waals surface area contributed by atoms with Gasteiger partial charge in [0.15, 0.2) is 0 Å². The fourth-order valence-electron chi connectivity index (χ4n) is 1.68. The second kappa shape index (κ2) is 4.63. The zero-order valence-electron chi connectivity index (χ0n) is 10.4. The Morgan fingerprint density at radius 1 is 1.36 bits per heavy atom. The fraction of sp³-hybridized carbons (Fsp3) is 1.00. The first kappa shape index (κ1) is 12.0. The predicted octanol–water partition coefficient (Wildman–Crippen LogP) is 2.10. The molecule has 0 saturated heterocycles. The molecule has 1 fully saturated rings. The molecule has 1 unspecified atom stereocenters. The highest BCUT2D eigenvalue weighted by Crippen LogP contribution is 2.34. The zero-order valence-corrected chi connectivity index (χ0v) is 10.4. The Morgan fingerprint density at radius 3 is 2.29 bits per heavy atom. The molecule has 1 N–H and O–H groups in total. The average molecular weight is 198 g/mol. The van der Waals surface area contributed by atoms with E-state index in [9.17, 15) is 0 Å². The number of nitrogens with zero attached hydrogens (tertiary/aromatic N) is 1. The highest BCUT2D eigenvalue weighted by molar-refractivity contribution is 4.88. The summed E-state index contributed by atoms with van der Waals surface area (Å²) in [5.74, 6) is 0.970. The highest BCUT2D eigenvalue weighted by atomic mass is 15.2. The molecule has 0 radical (unpaired) electrons. The summed E-state index contributed by atoms with van der Waals surface area (Å²) in [4.78, 5) is 2.29. The molecule has 0 aromatic rings. The van der Waals surface area contributed by atoms with Gasteiger partial charge in [0.25, 0.3) is 0 Å². The first-order valence-electron chi connectivity index (χ1n) is 5.88. The van der Waals surface area contributed by atoms with Gasteiger partial charge in [-0.1, -0.05) is 6.92 Å². The van der Waals surface area contributed by atoms with Crippen LogP contribution in [0.1, 0.15) is 40.0 Å². The Kier molecular flexibility index (Phi) is 3.96. The summed E-state index contributed by atoms with van der Waals surface area (Å²) in [6.45, 7) is 7.97. The summed E-state index contributed by atoms with van der Waals surface area (Å²) < 4.78 is 0. The molecule has 0 aliphatic heterocycles. The Bertz CT molecular complexity index is 171. The van der Waals surface area contributed by atoms with Crippen LogP contribution >= 0.6 is 0 Å². The molecule has 0 aromatic heterocycles. The minimum atomic E-state index is 0.266. The number of hydrogen-bond donors (Lipinski definition) is 1. The lowest BCUT2D eigenvalue weighted by Crippen LogP contribution is -2.49. The predicted molar refractivity (Wildman–Crippen MR) is 62.6 cm³/mol. The van der Waals surface area contributed by atoms with Gasteiger partial charge in [-0.2, -0.15) is 0 Å². The summed E-state index contributed by atoms with van der Waals surface area (Å²) >= 11 is 0. The Balaban J connectivity index is 2.30. The molecule has 1 aliphatic rings. The molecule has 84 valence electrons.